The van der Waals surface area contributed by atoms with Crippen molar-refractivity contribution in [3.8, 4) is 5.75 Å². The highest BCUT2D eigenvalue weighted by Gasteiger charge is 2.35. The molecule has 1 fully saturated rings. The Morgan fingerprint density at radius 2 is 2.19 bits per heavy atom. The molecule has 1 amide bonds. The van der Waals surface area contributed by atoms with Crippen LogP contribution in [0.3, 0.4) is 0 Å². The van der Waals surface area contributed by atoms with Crippen LogP contribution in [0.15, 0.2) is 18.2 Å². The van der Waals surface area contributed by atoms with E-state index in [9.17, 15) is 4.79 Å². The summed E-state index contributed by atoms with van der Waals surface area (Å²) >= 11 is 0. The van der Waals surface area contributed by atoms with Gasteiger partial charge in [-0.1, -0.05) is 26.0 Å². The van der Waals surface area contributed by atoms with Gasteiger partial charge in [-0.2, -0.15) is 0 Å². The molecule has 1 aliphatic heterocycles. The van der Waals surface area contributed by atoms with Crippen molar-refractivity contribution in [2.24, 2.45) is 11.1 Å². The number of aryl methyl sites for hydroxylation is 1. The first-order valence-electron chi connectivity index (χ1n) is 7.50. The highest BCUT2D eigenvalue weighted by atomic mass is 16.5. The van der Waals surface area contributed by atoms with Gasteiger partial charge in [0, 0.05) is 19.1 Å². The molecule has 0 radical (unpaired) electrons. The van der Waals surface area contributed by atoms with E-state index < -0.39 is 0 Å². The average molecular weight is 290 g/mol. The van der Waals surface area contributed by atoms with Crippen LogP contribution in [0.25, 0.3) is 0 Å². The molecule has 0 spiro atoms. The Labute approximate surface area is 127 Å². The van der Waals surface area contributed by atoms with E-state index in [1.54, 1.807) is 7.11 Å². The summed E-state index contributed by atoms with van der Waals surface area (Å²) < 4.78 is 5.32. The minimum atomic E-state index is -0.0150. The molecule has 2 rings (SSSR count). The summed E-state index contributed by atoms with van der Waals surface area (Å²) in [5.74, 6) is 1.00. The second-order valence-corrected chi connectivity index (χ2v) is 6.68. The van der Waals surface area contributed by atoms with E-state index in [1.165, 1.54) is 0 Å². The van der Waals surface area contributed by atoms with Crippen LogP contribution in [0.2, 0.25) is 0 Å². The van der Waals surface area contributed by atoms with Crippen LogP contribution >= 0.6 is 0 Å². The van der Waals surface area contributed by atoms with E-state index in [0.717, 1.165) is 36.4 Å². The van der Waals surface area contributed by atoms with E-state index in [0.29, 0.717) is 6.42 Å². The number of hydrogen-bond acceptors (Lipinski definition) is 3. The third-order valence-electron chi connectivity index (χ3n) is 4.49. The van der Waals surface area contributed by atoms with E-state index in [-0.39, 0.29) is 17.4 Å². The number of amides is 1. The van der Waals surface area contributed by atoms with Gasteiger partial charge >= 0.3 is 0 Å². The van der Waals surface area contributed by atoms with E-state index in [4.69, 9.17) is 10.5 Å². The third-order valence-corrected chi connectivity index (χ3v) is 4.49. The monoisotopic (exact) mass is 290 g/mol. The number of ether oxygens (including phenoxy) is 1. The third kappa shape index (κ3) is 3.56. The van der Waals surface area contributed by atoms with Crippen LogP contribution in [-0.2, 0) is 11.2 Å². The van der Waals surface area contributed by atoms with Crippen LogP contribution in [0.1, 0.15) is 31.4 Å². The maximum Gasteiger partial charge on any atom is 0.227 e. The molecule has 116 valence electrons. The van der Waals surface area contributed by atoms with Crippen LogP contribution in [0.4, 0.5) is 0 Å². The summed E-state index contributed by atoms with van der Waals surface area (Å²) in [7, 11) is 1.66. The summed E-state index contributed by atoms with van der Waals surface area (Å²) in [5, 5.41) is 0. The zero-order valence-electron chi connectivity index (χ0n) is 13.5. The molecule has 4 nitrogen and oxygen atoms in total. The normalized spacial score (nSPS) is 21.2. The van der Waals surface area contributed by atoms with Crippen molar-refractivity contribution in [1.82, 2.24) is 4.90 Å². The Bertz CT molecular complexity index is 526. The lowest BCUT2D eigenvalue weighted by atomic mass is 9.79. The first-order chi connectivity index (χ1) is 9.83. The standard InChI is InChI=1S/C17H26N2O2/c1-12-5-6-13(9-14(12)21-4)10-16(20)19-8-7-15(18)17(2,3)11-19/h5-6,9,15H,7-8,10-11,18H2,1-4H3. The Balaban J connectivity index is 2.05. The summed E-state index contributed by atoms with van der Waals surface area (Å²) in [4.78, 5) is 14.4. The van der Waals surface area contributed by atoms with Crippen molar-refractivity contribution in [3.05, 3.63) is 29.3 Å². The SMILES string of the molecule is COc1cc(CC(=O)N2CCC(N)C(C)(C)C2)ccc1C. The summed E-state index contributed by atoms with van der Waals surface area (Å²) in [5.41, 5.74) is 8.19. The lowest BCUT2D eigenvalue weighted by Gasteiger charge is -2.42. The summed E-state index contributed by atoms with van der Waals surface area (Å²) in [6.07, 6.45) is 1.29. The number of carbonyl (C=O) groups is 1. The molecule has 0 aromatic heterocycles. The average Bonchev–Trinajstić information content (AvgIpc) is 2.43. The van der Waals surface area contributed by atoms with Gasteiger partial charge in [0.2, 0.25) is 5.91 Å². The number of piperidine rings is 1. The maximum absolute atomic E-state index is 12.5. The Morgan fingerprint density at radius 3 is 2.81 bits per heavy atom. The lowest BCUT2D eigenvalue weighted by Crippen LogP contribution is -2.54. The van der Waals surface area contributed by atoms with E-state index in [1.807, 2.05) is 30.0 Å². The van der Waals surface area contributed by atoms with Gasteiger partial charge in [-0.25, -0.2) is 0 Å². The number of rotatable bonds is 3. The number of methoxy groups -OCH3 is 1. The first kappa shape index (κ1) is 15.8. The van der Waals surface area contributed by atoms with Crippen molar-refractivity contribution >= 4 is 5.91 Å². The van der Waals surface area contributed by atoms with Crippen molar-refractivity contribution < 1.29 is 9.53 Å². The van der Waals surface area contributed by atoms with Gasteiger partial charge in [0.05, 0.1) is 13.5 Å². The van der Waals surface area contributed by atoms with Crippen LogP contribution in [0, 0.1) is 12.3 Å². The molecule has 1 atom stereocenters. The second kappa shape index (κ2) is 6.06. The van der Waals surface area contributed by atoms with Crippen LogP contribution in [0.5, 0.6) is 5.75 Å². The molecule has 1 heterocycles. The molecule has 0 aliphatic carbocycles. The molecule has 21 heavy (non-hydrogen) atoms. The largest absolute Gasteiger partial charge is 0.496 e. The number of likely N-dealkylation sites (tertiary alicyclic amines) is 1. The molecular formula is C17H26N2O2. The molecule has 1 aromatic carbocycles. The Kier molecular flexibility index (Phi) is 4.57. The van der Waals surface area contributed by atoms with E-state index in [2.05, 4.69) is 13.8 Å². The van der Waals surface area contributed by atoms with Gasteiger partial charge in [0.25, 0.3) is 0 Å². The van der Waals surface area contributed by atoms with Gasteiger partial charge < -0.3 is 15.4 Å². The lowest BCUT2D eigenvalue weighted by molar-refractivity contribution is -0.133. The Hall–Kier alpha value is -1.55. The topological polar surface area (TPSA) is 55.6 Å². The molecule has 1 saturated heterocycles. The number of nitrogens with zero attached hydrogens (tertiary/aromatic N) is 1. The number of hydrogen-bond donors (Lipinski definition) is 1. The van der Waals surface area contributed by atoms with Crippen molar-refractivity contribution in [2.75, 3.05) is 20.2 Å². The van der Waals surface area contributed by atoms with Gasteiger partial charge in [-0.05, 0) is 36.0 Å². The van der Waals surface area contributed by atoms with Crippen LogP contribution in [-0.4, -0.2) is 37.0 Å². The zero-order valence-corrected chi connectivity index (χ0v) is 13.5. The highest BCUT2D eigenvalue weighted by molar-refractivity contribution is 5.79. The number of benzene rings is 1. The maximum atomic E-state index is 12.5. The predicted octanol–water partition coefficient (Wildman–Crippen LogP) is 2.13. The zero-order chi connectivity index (χ0) is 15.6. The molecule has 0 bridgehead atoms. The first-order valence-corrected chi connectivity index (χ1v) is 7.50. The fourth-order valence-electron chi connectivity index (χ4n) is 2.85. The number of nitrogens with two attached hydrogens (primary N) is 1. The highest BCUT2D eigenvalue weighted by Crippen LogP contribution is 2.28. The summed E-state index contributed by atoms with van der Waals surface area (Å²) in [6, 6.07) is 6.11. The Morgan fingerprint density at radius 1 is 1.48 bits per heavy atom. The predicted molar refractivity (Wildman–Crippen MR) is 84.4 cm³/mol. The molecule has 1 aliphatic rings. The molecule has 1 unspecified atom stereocenters. The molecule has 4 heteroatoms. The minimum absolute atomic E-state index is 0.0150. The fourth-order valence-corrected chi connectivity index (χ4v) is 2.85. The van der Waals surface area contributed by atoms with Gasteiger partial charge in [-0.3, -0.25) is 4.79 Å². The number of carbonyl (C=O) groups excluding carboxylic acids is 1. The van der Waals surface area contributed by atoms with Gasteiger partial charge in [0.15, 0.2) is 0 Å². The van der Waals surface area contributed by atoms with Crippen molar-refractivity contribution in [1.29, 1.82) is 0 Å². The van der Waals surface area contributed by atoms with Crippen molar-refractivity contribution in [2.45, 2.75) is 39.7 Å². The smallest absolute Gasteiger partial charge is 0.227 e. The van der Waals surface area contributed by atoms with E-state index >= 15 is 0 Å². The molecular weight excluding hydrogens is 264 g/mol. The van der Waals surface area contributed by atoms with Gasteiger partial charge in [-0.15, -0.1) is 0 Å². The van der Waals surface area contributed by atoms with Gasteiger partial charge in [0.1, 0.15) is 5.75 Å². The second-order valence-electron chi connectivity index (χ2n) is 6.68. The molecule has 0 saturated carbocycles. The quantitative estimate of drug-likeness (QED) is 0.928. The summed E-state index contributed by atoms with van der Waals surface area (Å²) in [6.45, 7) is 7.75. The molecule has 1 aromatic rings. The van der Waals surface area contributed by atoms with Crippen LogP contribution < -0.4 is 10.5 Å². The fraction of sp³-hybridized carbons (Fsp3) is 0.588. The molecule has 2 N–H and O–H groups in total. The van der Waals surface area contributed by atoms with Crippen molar-refractivity contribution in [3.63, 3.8) is 0 Å². The minimum Gasteiger partial charge on any atom is -0.496 e.